The molecule has 0 unspecified atom stereocenters. The number of rotatable bonds is 5. The zero-order valence-corrected chi connectivity index (χ0v) is 13.0. The number of hydrogen-bond donors (Lipinski definition) is 1. The van der Waals surface area contributed by atoms with Crippen LogP contribution in [0, 0.1) is 18.8 Å². The van der Waals surface area contributed by atoms with E-state index in [1.165, 1.54) is 5.57 Å². The molecule has 20 heavy (non-hydrogen) atoms. The average molecular weight is 293 g/mol. The van der Waals surface area contributed by atoms with Crippen molar-refractivity contribution < 1.29 is 8.42 Å². The van der Waals surface area contributed by atoms with Gasteiger partial charge in [0, 0.05) is 6.54 Å². The van der Waals surface area contributed by atoms with E-state index in [0.717, 1.165) is 24.8 Å². The van der Waals surface area contributed by atoms with Crippen molar-refractivity contribution in [2.24, 2.45) is 11.8 Å². The van der Waals surface area contributed by atoms with Crippen molar-refractivity contribution in [2.45, 2.75) is 38.0 Å². The molecule has 2 atom stereocenters. The fourth-order valence-corrected chi connectivity index (χ4v) is 4.04. The SMILES string of the molecule is C=C(C)[C@H]1CCC[C@H]1CNS(=O)(=O)c1ccc(C)cc1. The van der Waals surface area contributed by atoms with Gasteiger partial charge in [-0.15, -0.1) is 0 Å². The van der Waals surface area contributed by atoms with E-state index in [-0.39, 0.29) is 0 Å². The lowest BCUT2D eigenvalue weighted by Gasteiger charge is -2.20. The molecule has 1 N–H and O–H groups in total. The Morgan fingerprint density at radius 2 is 1.95 bits per heavy atom. The Balaban J connectivity index is 2.02. The number of sulfonamides is 1. The van der Waals surface area contributed by atoms with Gasteiger partial charge in [0.25, 0.3) is 0 Å². The van der Waals surface area contributed by atoms with Gasteiger partial charge in [0.15, 0.2) is 0 Å². The molecular weight excluding hydrogens is 270 g/mol. The highest BCUT2D eigenvalue weighted by atomic mass is 32.2. The van der Waals surface area contributed by atoms with Crippen LogP contribution in [0.15, 0.2) is 41.3 Å². The summed E-state index contributed by atoms with van der Waals surface area (Å²) in [6, 6.07) is 6.95. The molecule has 1 saturated carbocycles. The number of nitrogens with one attached hydrogen (secondary N) is 1. The van der Waals surface area contributed by atoms with E-state index in [1.54, 1.807) is 12.1 Å². The molecule has 1 aromatic rings. The molecule has 1 aliphatic rings. The predicted octanol–water partition coefficient (Wildman–Crippen LogP) is 3.27. The quantitative estimate of drug-likeness (QED) is 0.847. The lowest BCUT2D eigenvalue weighted by molar-refractivity contribution is 0.433. The molecule has 0 aromatic heterocycles. The van der Waals surface area contributed by atoms with E-state index in [2.05, 4.69) is 11.3 Å². The van der Waals surface area contributed by atoms with Crippen LogP contribution in [0.25, 0.3) is 0 Å². The van der Waals surface area contributed by atoms with Crippen LogP contribution in [0.2, 0.25) is 0 Å². The number of aryl methyl sites for hydroxylation is 1. The van der Waals surface area contributed by atoms with Crippen molar-refractivity contribution in [1.29, 1.82) is 0 Å². The molecule has 0 aliphatic heterocycles. The molecule has 0 heterocycles. The predicted molar refractivity (Wildman–Crippen MR) is 82.0 cm³/mol. The largest absolute Gasteiger partial charge is 0.240 e. The summed E-state index contributed by atoms with van der Waals surface area (Å²) in [5.74, 6) is 0.837. The minimum atomic E-state index is -3.39. The topological polar surface area (TPSA) is 46.2 Å². The summed E-state index contributed by atoms with van der Waals surface area (Å²) in [5, 5.41) is 0. The Labute approximate surface area is 122 Å². The van der Waals surface area contributed by atoms with Crippen molar-refractivity contribution in [1.82, 2.24) is 4.72 Å². The van der Waals surface area contributed by atoms with Crippen LogP contribution in [-0.2, 0) is 10.0 Å². The molecule has 0 saturated heterocycles. The Bertz CT molecular complexity index is 575. The molecular formula is C16H23NO2S. The van der Waals surface area contributed by atoms with E-state index in [0.29, 0.717) is 23.3 Å². The first-order chi connectivity index (χ1) is 9.40. The lowest BCUT2D eigenvalue weighted by atomic mass is 9.91. The second-order valence-electron chi connectivity index (χ2n) is 5.81. The maximum atomic E-state index is 12.2. The fraction of sp³-hybridized carbons (Fsp3) is 0.500. The van der Waals surface area contributed by atoms with E-state index >= 15 is 0 Å². The molecule has 2 rings (SSSR count). The van der Waals surface area contributed by atoms with Gasteiger partial charge in [0.05, 0.1) is 4.90 Å². The molecule has 0 amide bonds. The highest BCUT2D eigenvalue weighted by Gasteiger charge is 2.28. The van der Waals surface area contributed by atoms with Crippen LogP contribution in [0.4, 0.5) is 0 Å². The first-order valence-corrected chi connectivity index (χ1v) is 8.60. The Morgan fingerprint density at radius 3 is 2.55 bits per heavy atom. The summed E-state index contributed by atoms with van der Waals surface area (Å²) in [5.41, 5.74) is 2.23. The molecule has 0 radical (unpaired) electrons. The fourth-order valence-electron chi connectivity index (χ4n) is 2.95. The highest BCUT2D eigenvalue weighted by Crippen LogP contribution is 2.35. The second-order valence-corrected chi connectivity index (χ2v) is 7.58. The maximum Gasteiger partial charge on any atom is 0.240 e. The lowest BCUT2D eigenvalue weighted by Crippen LogP contribution is -2.31. The van der Waals surface area contributed by atoms with Gasteiger partial charge in [-0.25, -0.2) is 13.1 Å². The van der Waals surface area contributed by atoms with Crippen molar-refractivity contribution >= 4 is 10.0 Å². The van der Waals surface area contributed by atoms with Crippen molar-refractivity contribution in [3.8, 4) is 0 Å². The number of benzene rings is 1. The van der Waals surface area contributed by atoms with Gasteiger partial charge in [-0.1, -0.05) is 36.3 Å². The highest BCUT2D eigenvalue weighted by molar-refractivity contribution is 7.89. The molecule has 0 bridgehead atoms. The summed E-state index contributed by atoms with van der Waals surface area (Å²) in [4.78, 5) is 0.341. The van der Waals surface area contributed by atoms with Crippen LogP contribution < -0.4 is 4.72 Å². The summed E-state index contributed by atoms with van der Waals surface area (Å²) in [6.45, 7) is 8.51. The summed E-state index contributed by atoms with van der Waals surface area (Å²) in [6.07, 6.45) is 3.37. The van der Waals surface area contributed by atoms with Gasteiger partial charge in [-0.05, 0) is 50.7 Å². The van der Waals surface area contributed by atoms with Crippen molar-refractivity contribution in [3.05, 3.63) is 42.0 Å². The second kappa shape index (κ2) is 6.10. The normalized spacial score (nSPS) is 22.9. The number of allylic oxidation sites excluding steroid dienone is 1. The summed E-state index contributed by atoms with van der Waals surface area (Å²) < 4.78 is 27.2. The Morgan fingerprint density at radius 1 is 1.30 bits per heavy atom. The number of hydrogen-bond acceptors (Lipinski definition) is 2. The van der Waals surface area contributed by atoms with Crippen LogP contribution >= 0.6 is 0 Å². The van der Waals surface area contributed by atoms with Gasteiger partial charge in [-0.3, -0.25) is 0 Å². The van der Waals surface area contributed by atoms with E-state index < -0.39 is 10.0 Å². The third-order valence-electron chi connectivity index (χ3n) is 4.16. The molecule has 4 heteroatoms. The van der Waals surface area contributed by atoms with E-state index in [1.807, 2.05) is 26.0 Å². The molecule has 3 nitrogen and oxygen atoms in total. The Hall–Kier alpha value is -1.13. The van der Waals surface area contributed by atoms with Crippen LogP contribution in [0.5, 0.6) is 0 Å². The summed E-state index contributed by atoms with van der Waals surface area (Å²) >= 11 is 0. The third kappa shape index (κ3) is 3.49. The smallest absolute Gasteiger partial charge is 0.211 e. The molecule has 110 valence electrons. The van der Waals surface area contributed by atoms with Gasteiger partial charge < -0.3 is 0 Å². The minimum absolute atomic E-state index is 0.341. The van der Waals surface area contributed by atoms with Crippen molar-refractivity contribution in [2.75, 3.05) is 6.54 Å². The zero-order chi connectivity index (χ0) is 14.8. The zero-order valence-electron chi connectivity index (χ0n) is 12.2. The van der Waals surface area contributed by atoms with Gasteiger partial charge in [0.1, 0.15) is 0 Å². The van der Waals surface area contributed by atoms with Gasteiger partial charge in [-0.2, -0.15) is 0 Å². The third-order valence-corrected chi connectivity index (χ3v) is 5.60. The minimum Gasteiger partial charge on any atom is -0.211 e. The monoisotopic (exact) mass is 293 g/mol. The van der Waals surface area contributed by atoms with Crippen LogP contribution in [0.3, 0.4) is 0 Å². The maximum absolute atomic E-state index is 12.2. The van der Waals surface area contributed by atoms with Crippen LogP contribution in [-0.4, -0.2) is 15.0 Å². The van der Waals surface area contributed by atoms with Crippen molar-refractivity contribution in [3.63, 3.8) is 0 Å². The standard InChI is InChI=1S/C16H23NO2S/c1-12(2)16-6-4-5-14(16)11-17-20(18,19)15-9-7-13(3)8-10-15/h7-10,14,16-17H,1,4-6,11H2,2-3H3/t14-,16+/m0/s1. The van der Waals surface area contributed by atoms with E-state index in [9.17, 15) is 8.42 Å². The molecule has 1 aliphatic carbocycles. The Kier molecular flexibility index (Phi) is 4.66. The molecule has 1 fully saturated rings. The molecule has 0 spiro atoms. The molecule has 1 aromatic carbocycles. The van der Waals surface area contributed by atoms with E-state index in [4.69, 9.17) is 0 Å². The van der Waals surface area contributed by atoms with Gasteiger partial charge >= 0.3 is 0 Å². The average Bonchev–Trinajstić information content (AvgIpc) is 2.85. The van der Waals surface area contributed by atoms with Crippen LogP contribution in [0.1, 0.15) is 31.7 Å². The first kappa shape index (κ1) is 15.3. The van der Waals surface area contributed by atoms with Gasteiger partial charge in [0.2, 0.25) is 10.0 Å². The first-order valence-electron chi connectivity index (χ1n) is 7.12. The summed E-state index contributed by atoms with van der Waals surface area (Å²) in [7, 11) is -3.39.